The number of ether oxygens (including phenoxy) is 1. The average Bonchev–Trinajstić information content (AvgIpc) is 2.50. The molecule has 0 aliphatic heterocycles. The van der Waals surface area contributed by atoms with Crippen LogP contribution in [-0.4, -0.2) is 18.0 Å². The van der Waals surface area contributed by atoms with Crippen LogP contribution < -0.4 is 5.32 Å². The van der Waals surface area contributed by atoms with Crippen LogP contribution in [0.4, 0.5) is 5.69 Å². The third kappa shape index (κ3) is 4.20. The molecular weight excluding hydrogens is 278 g/mol. The summed E-state index contributed by atoms with van der Waals surface area (Å²) in [6.07, 6.45) is 5.66. The highest BCUT2D eigenvalue weighted by Gasteiger charge is 2.25. The van der Waals surface area contributed by atoms with E-state index in [1.54, 1.807) is 6.92 Å². The topological polar surface area (TPSA) is 55.4 Å². The molecule has 1 amide bonds. The zero-order valence-electron chi connectivity index (χ0n) is 13.4. The molecule has 1 aliphatic rings. The predicted molar refractivity (Wildman–Crippen MR) is 86.6 cm³/mol. The number of amides is 1. The maximum absolute atomic E-state index is 12.2. The number of allylic oxidation sites excluding steroid dienone is 2. The zero-order chi connectivity index (χ0) is 16.1. The standard InChI is InChI=1S/C18H23NO3/c1-12-9-10-16(13(2)11-12)19-17(20)14(3)22-18(21)15-7-5-4-6-8-15/h4-5,9-11,14-15H,6-8H2,1-3H3,(H,19,20). The van der Waals surface area contributed by atoms with Crippen LogP contribution in [0, 0.1) is 19.8 Å². The van der Waals surface area contributed by atoms with Gasteiger partial charge in [0.05, 0.1) is 5.92 Å². The van der Waals surface area contributed by atoms with Gasteiger partial charge in [-0.3, -0.25) is 9.59 Å². The van der Waals surface area contributed by atoms with Gasteiger partial charge in [-0.1, -0.05) is 29.8 Å². The second-order valence-corrected chi connectivity index (χ2v) is 5.87. The van der Waals surface area contributed by atoms with Crippen LogP contribution >= 0.6 is 0 Å². The maximum Gasteiger partial charge on any atom is 0.310 e. The van der Waals surface area contributed by atoms with Gasteiger partial charge in [0, 0.05) is 5.69 Å². The Morgan fingerprint density at radius 1 is 1.27 bits per heavy atom. The summed E-state index contributed by atoms with van der Waals surface area (Å²) in [6, 6.07) is 5.80. The molecule has 2 rings (SSSR count). The first-order chi connectivity index (χ1) is 10.5. The van der Waals surface area contributed by atoms with E-state index >= 15 is 0 Å². The summed E-state index contributed by atoms with van der Waals surface area (Å²) in [4.78, 5) is 24.2. The maximum atomic E-state index is 12.2. The van der Waals surface area contributed by atoms with E-state index in [2.05, 4.69) is 11.4 Å². The molecule has 2 atom stereocenters. The summed E-state index contributed by atoms with van der Waals surface area (Å²) >= 11 is 0. The van der Waals surface area contributed by atoms with Gasteiger partial charge < -0.3 is 10.1 Å². The molecule has 0 saturated carbocycles. The van der Waals surface area contributed by atoms with Crippen LogP contribution in [0.15, 0.2) is 30.4 Å². The Labute approximate surface area is 131 Å². The molecule has 1 aromatic carbocycles. The van der Waals surface area contributed by atoms with Crippen LogP contribution in [0.2, 0.25) is 0 Å². The number of rotatable bonds is 4. The van der Waals surface area contributed by atoms with E-state index in [4.69, 9.17) is 4.74 Å². The van der Waals surface area contributed by atoms with Gasteiger partial charge in [0.15, 0.2) is 6.10 Å². The Balaban J connectivity index is 1.91. The molecule has 0 heterocycles. The van der Waals surface area contributed by atoms with Gasteiger partial charge in [-0.25, -0.2) is 0 Å². The normalized spacial score (nSPS) is 18.6. The van der Waals surface area contributed by atoms with Gasteiger partial charge >= 0.3 is 5.97 Å². The third-order valence-corrected chi connectivity index (χ3v) is 3.90. The first kappa shape index (κ1) is 16.3. The minimum absolute atomic E-state index is 0.124. The van der Waals surface area contributed by atoms with E-state index < -0.39 is 6.10 Å². The Morgan fingerprint density at radius 2 is 2.05 bits per heavy atom. The van der Waals surface area contributed by atoms with Crippen molar-refractivity contribution < 1.29 is 14.3 Å². The molecule has 1 N–H and O–H groups in total. The molecule has 4 heteroatoms. The third-order valence-electron chi connectivity index (χ3n) is 3.90. The highest BCUT2D eigenvalue weighted by Crippen LogP contribution is 2.21. The fourth-order valence-corrected chi connectivity index (χ4v) is 2.52. The van der Waals surface area contributed by atoms with Crippen LogP contribution in [0.5, 0.6) is 0 Å². The smallest absolute Gasteiger partial charge is 0.310 e. The second kappa shape index (κ2) is 7.25. The Morgan fingerprint density at radius 3 is 2.68 bits per heavy atom. The predicted octanol–water partition coefficient (Wildman–Crippen LogP) is 3.53. The number of nitrogens with one attached hydrogen (secondary N) is 1. The molecule has 0 fully saturated rings. The molecule has 0 bridgehead atoms. The van der Waals surface area contributed by atoms with E-state index in [-0.39, 0.29) is 17.8 Å². The fourth-order valence-electron chi connectivity index (χ4n) is 2.52. The van der Waals surface area contributed by atoms with Crippen LogP contribution in [0.3, 0.4) is 0 Å². The minimum atomic E-state index is -0.792. The largest absolute Gasteiger partial charge is 0.452 e. The van der Waals surface area contributed by atoms with E-state index in [1.165, 1.54) is 0 Å². The van der Waals surface area contributed by atoms with Crippen molar-refractivity contribution in [2.24, 2.45) is 5.92 Å². The van der Waals surface area contributed by atoms with Crippen molar-refractivity contribution in [2.45, 2.75) is 46.1 Å². The summed E-state index contributed by atoms with van der Waals surface area (Å²) in [5.74, 6) is -0.708. The lowest BCUT2D eigenvalue weighted by molar-refractivity contribution is -0.157. The number of carbonyl (C=O) groups is 2. The first-order valence-corrected chi connectivity index (χ1v) is 7.71. The Kier molecular flexibility index (Phi) is 5.36. The summed E-state index contributed by atoms with van der Waals surface area (Å²) in [5, 5.41) is 2.82. The first-order valence-electron chi connectivity index (χ1n) is 7.71. The molecule has 1 aliphatic carbocycles. The van der Waals surface area contributed by atoms with Gasteiger partial charge in [-0.05, 0) is 51.7 Å². The van der Waals surface area contributed by atoms with E-state index in [0.29, 0.717) is 6.42 Å². The van der Waals surface area contributed by atoms with Gasteiger partial charge in [0.1, 0.15) is 0 Å². The fraction of sp³-hybridized carbons (Fsp3) is 0.444. The summed E-state index contributed by atoms with van der Waals surface area (Å²) in [6.45, 7) is 5.55. The lowest BCUT2D eigenvalue weighted by Gasteiger charge is -2.20. The highest BCUT2D eigenvalue weighted by atomic mass is 16.5. The lowest BCUT2D eigenvalue weighted by Crippen LogP contribution is -2.32. The summed E-state index contributed by atoms with van der Waals surface area (Å²) < 4.78 is 5.30. The monoisotopic (exact) mass is 301 g/mol. The van der Waals surface area contributed by atoms with E-state index in [9.17, 15) is 9.59 Å². The molecule has 0 spiro atoms. The van der Waals surface area contributed by atoms with E-state index in [1.807, 2.05) is 38.1 Å². The van der Waals surface area contributed by atoms with Crippen molar-refractivity contribution in [3.63, 3.8) is 0 Å². The number of aryl methyl sites for hydroxylation is 2. The zero-order valence-corrected chi connectivity index (χ0v) is 13.4. The number of anilines is 1. The van der Waals surface area contributed by atoms with Crippen molar-refractivity contribution in [3.05, 3.63) is 41.5 Å². The molecule has 0 saturated heterocycles. The molecular formula is C18H23NO3. The SMILES string of the molecule is Cc1ccc(NC(=O)C(C)OC(=O)C2CC=CCC2)c(C)c1. The Bertz CT molecular complexity index is 592. The van der Waals surface area contributed by atoms with Crippen molar-refractivity contribution in [1.82, 2.24) is 0 Å². The van der Waals surface area contributed by atoms with Crippen LogP contribution in [-0.2, 0) is 14.3 Å². The Hall–Kier alpha value is -2.10. The van der Waals surface area contributed by atoms with Crippen molar-refractivity contribution in [2.75, 3.05) is 5.32 Å². The number of hydrogen-bond donors (Lipinski definition) is 1. The van der Waals surface area contributed by atoms with Crippen LogP contribution in [0.25, 0.3) is 0 Å². The highest BCUT2D eigenvalue weighted by molar-refractivity contribution is 5.95. The van der Waals surface area contributed by atoms with Gasteiger partial charge in [-0.15, -0.1) is 0 Å². The second-order valence-electron chi connectivity index (χ2n) is 5.87. The minimum Gasteiger partial charge on any atom is -0.452 e. The molecule has 0 radical (unpaired) electrons. The number of esters is 1. The van der Waals surface area contributed by atoms with Crippen molar-refractivity contribution >= 4 is 17.6 Å². The molecule has 118 valence electrons. The molecule has 2 unspecified atom stereocenters. The lowest BCUT2D eigenvalue weighted by atomic mass is 9.95. The summed E-state index contributed by atoms with van der Waals surface area (Å²) in [7, 11) is 0. The van der Waals surface area contributed by atoms with Gasteiger partial charge in [-0.2, -0.15) is 0 Å². The number of carbonyl (C=O) groups excluding carboxylic acids is 2. The molecule has 22 heavy (non-hydrogen) atoms. The number of hydrogen-bond acceptors (Lipinski definition) is 3. The van der Waals surface area contributed by atoms with Gasteiger partial charge in [0.25, 0.3) is 5.91 Å². The van der Waals surface area contributed by atoms with Crippen molar-refractivity contribution in [1.29, 1.82) is 0 Å². The van der Waals surface area contributed by atoms with Crippen molar-refractivity contribution in [3.8, 4) is 0 Å². The summed E-state index contributed by atoms with van der Waals surface area (Å²) in [5.41, 5.74) is 2.88. The number of benzene rings is 1. The van der Waals surface area contributed by atoms with Crippen LogP contribution in [0.1, 0.15) is 37.3 Å². The molecule has 0 aromatic heterocycles. The molecule has 4 nitrogen and oxygen atoms in total. The average molecular weight is 301 g/mol. The molecule has 1 aromatic rings. The van der Waals surface area contributed by atoms with E-state index in [0.717, 1.165) is 29.7 Å². The quantitative estimate of drug-likeness (QED) is 0.683. The van der Waals surface area contributed by atoms with Gasteiger partial charge in [0.2, 0.25) is 0 Å².